The van der Waals surface area contributed by atoms with Crippen LogP contribution in [0.25, 0.3) is 0 Å². The number of piperazine rings is 1. The molecule has 1 heterocycles. The molecular formula is C15H22N2O2S. The van der Waals surface area contributed by atoms with Crippen LogP contribution in [0.15, 0.2) is 24.3 Å². The van der Waals surface area contributed by atoms with Gasteiger partial charge in [0.2, 0.25) is 0 Å². The van der Waals surface area contributed by atoms with E-state index in [1.807, 2.05) is 29.2 Å². The summed E-state index contributed by atoms with van der Waals surface area (Å²) >= 11 is 0. The van der Waals surface area contributed by atoms with E-state index in [9.17, 15) is 9.00 Å². The van der Waals surface area contributed by atoms with E-state index in [4.69, 9.17) is 0 Å². The Kier molecular flexibility index (Phi) is 5.31. The summed E-state index contributed by atoms with van der Waals surface area (Å²) in [5, 5.41) is 0. The largest absolute Gasteiger partial charge is 0.336 e. The lowest BCUT2D eigenvalue weighted by atomic mass is 10.1. The Morgan fingerprint density at radius 3 is 2.55 bits per heavy atom. The van der Waals surface area contributed by atoms with Crippen molar-refractivity contribution in [1.29, 1.82) is 0 Å². The maximum atomic E-state index is 12.5. The molecule has 0 N–H and O–H groups in total. The summed E-state index contributed by atoms with van der Waals surface area (Å²) in [7, 11) is -0.880. The highest BCUT2D eigenvalue weighted by molar-refractivity contribution is 7.83. The van der Waals surface area contributed by atoms with E-state index in [-0.39, 0.29) is 5.91 Å². The lowest BCUT2D eigenvalue weighted by Crippen LogP contribution is -2.48. The van der Waals surface area contributed by atoms with E-state index in [1.54, 1.807) is 6.26 Å². The van der Waals surface area contributed by atoms with E-state index in [0.717, 1.165) is 38.3 Å². The van der Waals surface area contributed by atoms with Crippen molar-refractivity contribution in [3.8, 4) is 0 Å². The third kappa shape index (κ3) is 3.90. The maximum absolute atomic E-state index is 12.5. The molecule has 1 aliphatic heterocycles. The smallest absolute Gasteiger partial charge is 0.253 e. The van der Waals surface area contributed by atoms with Gasteiger partial charge in [-0.15, -0.1) is 0 Å². The molecule has 0 spiro atoms. The molecule has 1 atom stereocenters. The van der Waals surface area contributed by atoms with Gasteiger partial charge in [-0.2, -0.15) is 0 Å². The molecule has 0 aliphatic carbocycles. The van der Waals surface area contributed by atoms with Gasteiger partial charge in [0, 0.05) is 54.6 Å². The van der Waals surface area contributed by atoms with E-state index < -0.39 is 10.8 Å². The summed E-state index contributed by atoms with van der Waals surface area (Å²) in [4.78, 5) is 16.7. The average Bonchev–Trinajstić information content (AvgIpc) is 2.46. The summed E-state index contributed by atoms with van der Waals surface area (Å²) in [6.45, 7) is 6.65. The molecule has 0 saturated carbocycles. The summed E-state index contributed by atoms with van der Waals surface area (Å²) < 4.78 is 11.3. The molecule has 5 heteroatoms. The summed E-state index contributed by atoms with van der Waals surface area (Å²) in [5.41, 5.74) is 1.67. The SMILES string of the molecule is CCN1CCN(C(=O)c2cccc(CS(C)=O)c2)CC1. The van der Waals surface area contributed by atoms with Crippen molar-refractivity contribution < 1.29 is 9.00 Å². The zero-order valence-corrected chi connectivity index (χ0v) is 13.0. The number of carbonyl (C=O) groups is 1. The van der Waals surface area contributed by atoms with Crippen LogP contribution in [-0.4, -0.2) is 58.9 Å². The molecular weight excluding hydrogens is 272 g/mol. The van der Waals surface area contributed by atoms with Gasteiger partial charge in [-0.3, -0.25) is 9.00 Å². The lowest BCUT2D eigenvalue weighted by Gasteiger charge is -2.34. The minimum Gasteiger partial charge on any atom is -0.336 e. The van der Waals surface area contributed by atoms with Gasteiger partial charge in [0.15, 0.2) is 0 Å². The molecule has 1 unspecified atom stereocenters. The van der Waals surface area contributed by atoms with Crippen LogP contribution in [0, 0.1) is 0 Å². The standard InChI is InChI=1S/C15H22N2O2S/c1-3-16-7-9-17(10-8-16)15(18)14-6-4-5-13(11-14)12-20(2)19/h4-6,11H,3,7-10,12H2,1-2H3. The number of hydrogen-bond acceptors (Lipinski definition) is 3. The van der Waals surface area contributed by atoms with Gasteiger partial charge in [0.1, 0.15) is 0 Å². The van der Waals surface area contributed by atoms with Crippen molar-refractivity contribution in [3.63, 3.8) is 0 Å². The van der Waals surface area contributed by atoms with Gasteiger partial charge in [0.25, 0.3) is 5.91 Å². The van der Waals surface area contributed by atoms with Crippen molar-refractivity contribution >= 4 is 16.7 Å². The van der Waals surface area contributed by atoms with Crippen LogP contribution in [-0.2, 0) is 16.6 Å². The van der Waals surface area contributed by atoms with Gasteiger partial charge >= 0.3 is 0 Å². The lowest BCUT2D eigenvalue weighted by molar-refractivity contribution is 0.0643. The summed E-state index contributed by atoms with van der Waals surface area (Å²) in [6.07, 6.45) is 1.68. The van der Waals surface area contributed by atoms with E-state index in [2.05, 4.69) is 11.8 Å². The van der Waals surface area contributed by atoms with Crippen LogP contribution < -0.4 is 0 Å². The molecule has 1 amide bonds. The molecule has 2 rings (SSSR count). The van der Waals surface area contributed by atoms with Crippen LogP contribution >= 0.6 is 0 Å². The van der Waals surface area contributed by atoms with Gasteiger partial charge in [0.05, 0.1) is 0 Å². The van der Waals surface area contributed by atoms with Crippen molar-refractivity contribution in [3.05, 3.63) is 35.4 Å². The Hall–Kier alpha value is -1.20. The molecule has 0 aromatic heterocycles. The van der Waals surface area contributed by atoms with Gasteiger partial charge in [-0.05, 0) is 24.2 Å². The van der Waals surface area contributed by atoms with E-state index >= 15 is 0 Å². The molecule has 0 bridgehead atoms. The maximum Gasteiger partial charge on any atom is 0.253 e. The number of likely N-dealkylation sites (N-methyl/N-ethyl adjacent to an activating group) is 1. The second kappa shape index (κ2) is 6.99. The first-order valence-electron chi connectivity index (χ1n) is 7.00. The predicted octanol–water partition coefficient (Wildman–Crippen LogP) is 1.34. The molecule has 110 valence electrons. The number of amides is 1. The van der Waals surface area contributed by atoms with Crippen molar-refractivity contribution in [2.24, 2.45) is 0 Å². The van der Waals surface area contributed by atoms with Crippen LogP contribution in [0.3, 0.4) is 0 Å². The molecule has 1 aromatic carbocycles. The molecule has 1 saturated heterocycles. The molecule has 1 fully saturated rings. The van der Waals surface area contributed by atoms with E-state index in [0.29, 0.717) is 11.3 Å². The Morgan fingerprint density at radius 2 is 1.95 bits per heavy atom. The highest BCUT2D eigenvalue weighted by Crippen LogP contribution is 2.12. The minimum atomic E-state index is -0.880. The first-order chi connectivity index (χ1) is 9.60. The molecule has 1 aromatic rings. The average molecular weight is 294 g/mol. The molecule has 20 heavy (non-hydrogen) atoms. The zero-order chi connectivity index (χ0) is 14.5. The third-order valence-corrected chi connectivity index (χ3v) is 4.39. The molecule has 1 aliphatic rings. The highest BCUT2D eigenvalue weighted by atomic mass is 32.2. The van der Waals surface area contributed by atoms with Crippen LogP contribution in [0.1, 0.15) is 22.8 Å². The number of carbonyl (C=O) groups excluding carboxylic acids is 1. The number of rotatable bonds is 4. The Bertz CT molecular complexity index is 496. The second-order valence-corrected chi connectivity index (χ2v) is 6.58. The van der Waals surface area contributed by atoms with E-state index in [1.165, 1.54) is 0 Å². The van der Waals surface area contributed by atoms with Crippen LogP contribution in [0.2, 0.25) is 0 Å². The fourth-order valence-electron chi connectivity index (χ4n) is 2.48. The molecule has 0 radical (unpaired) electrons. The fraction of sp³-hybridized carbons (Fsp3) is 0.533. The predicted molar refractivity (Wildman–Crippen MR) is 82.2 cm³/mol. The fourth-order valence-corrected chi connectivity index (χ4v) is 3.13. The van der Waals surface area contributed by atoms with Crippen molar-refractivity contribution in [2.45, 2.75) is 12.7 Å². The van der Waals surface area contributed by atoms with Crippen LogP contribution in [0.4, 0.5) is 0 Å². The topological polar surface area (TPSA) is 40.6 Å². The monoisotopic (exact) mass is 294 g/mol. The first kappa shape index (κ1) is 15.2. The Labute approximate surface area is 123 Å². The molecule has 4 nitrogen and oxygen atoms in total. The van der Waals surface area contributed by atoms with Gasteiger partial charge in [-0.1, -0.05) is 19.1 Å². The Balaban J connectivity index is 2.04. The highest BCUT2D eigenvalue weighted by Gasteiger charge is 2.21. The quantitative estimate of drug-likeness (QED) is 0.841. The van der Waals surface area contributed by atoms with Crippen LogP contribution in [0.5, 0.6) is 0 Å². The third-order valence-electron chi connectivity index (χ3n) is 3.65. The Morgan fingerprint density at radius 1 is 1.25 bits per heavy atom. The van der Waals surface area contributed by atoms with Gasteiger partial charge < -0.3 is 9.80 Å². The number of nitrogens with zero attached hydrogens (tertiary/aromatic N) is 2. The van der Waals surface area contributed by atoms with Crippen molar-refractivity contribution in [2.75, 3.05) is 39.0 Å². The van der Waals surface area contributed by atoms with Crippen molar-refractivity contribution in [1.82, 2.24) is 9.80 Å². The summed E-state index contributed by atoms with van der Waals surface area (Å²) in [5.74, 6) is 0.592. The number of hydrogen-bond donors (Lipinski definition) is 0. The first-order valence-corrected chi connectivity index (χ1v) is 8.73. The summed E-state index contributed by atoms with van der Waals surface area (Å²) in [6, 6.07) is 7.51. The number of benzene rings is 1. The second-order valence-electron chi connectivity index (χ2n) is 5.14. The zero-order valence-electron chi connectivity index (χ0n) is 12.2. The normalized spacial score (nSPS) is 18.0. The minimum absolute atomic E-state index is 0.0875. The van der Waals surface area contributed by atoms with Gasteiger partial charge in [-0.25, -0.2) is 0 Å².